The van der Waals surface area contributed by atoms with Gasteiger partial charge < -0.3 is 15.0 Å². The molecule has 1 atom stereocenters. The van der Waals surface area contributed by atoms with Crippen LogP contribution >= 0.6 is 15.9 Å². The van der Waals surface area contributed by atoms with Crippen molar-refractivity contribution in [1.82, 2.24) is 0 Å². The van der Waals surface area contributed by atoms with E-state index in [0.29, 0.717) is 23.5 Å². The zero-order chi connectivity index (χ0) is 18.0. The fourth-order valence-electron chi connectivity index (χ4n) is 2.78. The van der Waals surface area contributed by atoms with Gasteiger partial charge in [-0.2, -0.15) is 0 Å². The average Bonchev–Trinajstić information content (AvgIpc) is 2.59. The SMILES string of the molecule is CCCN1C(=O)C(C)Oc2cc(NC(=O)c3cccc(Br)c3)ccc21. The summed E-state index contributed by atoms with van der Waals surface area (Å²) in [5.74, 6) is 0.361. The summed E-state index contributed by atoms with van der Waals surface area (Å²) < 4.78 is 6.56. The number of fused-ring (bicyclic) bond motifs is 1. The number of amides is 2. The molecule has 1 N–H and O–H groups in total. The van der Waals surface area contributed by atoms with Crippen LogP contribution in [0, 0.1) is 0 Å². The Morgan fingerprint density at radius 2 is 2.08 bits per heavy atom. The molecule has 130 valence electrons. The number of nitrogens with one attached hydrogen (secondary N) is 1. The normalized spacial score (nSPS) is 16.2. The number of hydrogen-bond acceptors (Lipinski definition) is 3. The van der Waals surface area contributed by atoms with Crippen LogP contribution < -0.4 is 15.0 Å². The van der Waals surface area contributed by atoms with E-state index in [1.165, 1.54) is 0 Å². The third kappa shape index (κ3) is 3.69. The molecule has 0 aromatic heterocycles. The van der Waals surface area contributed by atoms with Crippen molar-refractivity contribution in [3.05, 3.63) is 52.5 Å². The van der Waals surface area contributed by atoms with Crippen molar-refractivity contribution in [2.24, 2.45) is 0 Å². The summed E-state index contributed by atoms with van der Waals surface area (Å²) in [6.07, 6.45) is 0.328. The lowest BCUT2D eigenvalue weighted by molar-refractivity contribution is -0.125. The van der Waals surface area contributed by atoms with Crippen LogP contribution in [0.1, 0.15) is 30.6 Å². The molecule has 0 radical (unpaired) electrons. The van der Waals surface area contributed by atoms with Gasteiger partial charge in [0, 0.05) is 28.3 Å². The van der Waals surface area contributed by atoms with Gasteiger partial charge in [-0.3, -0.25) is 9.59 Å². The number of halogens is 1. The van der Waals surface area contributed by atoms with E-state index in [4.69, 9.17) is 4.74 Å². The Hall–Kier alpha value is -2.34. The maximum absolute atomic E-state index is 12.4. The zero-order valence-corrected chi connectivity index (χ0v) is 15.7. The number of benzene rings is 2. The van der Waals surface area contributed by atoms with Crippen LogP contribution in [0.15, 0.2) is 46.9 Å². The first kappa shape index (κ1) is 17.5. The third-order valence-electron chi connectivity index (χ3n) is 3.96. The second-order valence-electron chi connectivity index (χ2n) is 5.90. The number of rotatable bonds is 4. The lowest BCUT2D eigenvalue weighted by Gasteiger charge is -2.33. The van der Waals surface area contributed by atoms with Crippen LogP contribution in [0.2, 0.25) is 0 Å². The first-order valence-electron chi connectivity index (χ1n) is 8.18. The van der Waals surface area contributed by atoms with Crippen molar-refractivity contribution >= 4 is 39.1 Å². The van der Waals surface area contributed by atoms with Gasteiger partial charge >= 0.3 is 0 Å². The van der Waals surface area contributed by atoms with Gasteiger partial charge in [0.05, 0.1) is 5.69 Å². The first-order valence-corrected chi connectivity index (χ1v) is 8.98. The molecule has 0 fully saturated rings. The minimum absolute atomic E-state index is 0.0414. The van der Waals surface area contributed by atoms with Crippen LogP contribution in [0.3, 0.4) is 0 Å². The molecule has 2 amide bonds. The van der Waals surface area contributed by atoms with E-state index >= 15 is 0 Å². The molecule has 25 heavy (non-hydrogen) atoms. The van der Waals surface area contributed by atoms with Gasteiger partial charge in [0.25, 0.3) is 11.8 Å². The largest absolute Gasteiger partial charge is 0.479 e. The van der Waals surface area contributed by atoms with Gasteiger partial charge in [-0.15, -0.1) is 0 Å². The van der Waals surface area contributed by atoms with Crippen molar-refractivity contribution in [2.75, 3.05) is 16.8 Å². The standard InChI is InChI=1S/C19H19BrN2O3/c1-3-9-22-16-8-7-15(11-17(16)25-12(2)19(22)24)21-18(23)13-5-4-6-14(20)10-13/h4-8,10-12H,3,9H2,1-2H3,(H,21,23). The molecule has 0 spiro atoms. The van der Waals surface area contributed by atoms with E-state index in [1.807, 2.05) is 25.1 Å². The predicted molar refractivity (Wildman–Crippen MR) is 101 cm³/mol. The molecule has 1 aliphatic rings. The van der Waals surface area contributed by atoms with Gasteiger partial charge in [0.1, 0.15) is 5.75 Å². The number of carbonyl (C=O) groups excluding carboxylic acids is 2. The van der Waals surface area contributed by atoms with E-state index in [-0.39, 0.29) is 11.8 Å². The summed E-state index contributed by atoms with van der Waals surface area (Å²) in [7, 11) is 0. The first-order chi connectivity index (χ1) is 12.0. The second kappa shape index (κ2) is 7.27. The van der Waals surface area contributed by atoms with Crippen molar-refractivity contribution in [3.8, 4) is 5.75 Å². The number of ether oxygens (including phenoxy) is 1. The highest BCUT2D eigenvalue weighted by molar-refractivity contribution is 9.10. The van der Waals surface area contributed by atoms with Gasteiger partial charge in [0.15, 0.2) is 6.10 Å². The summed E-state index contributed by atoms with van der Waals surface area (Å²) in [5.41, 5.74) is 1.93. The fraction of sp³-hybridized carbons (Fsp3) is 0.263. The highest BCUT2D eigenvalue weighted by Gasteiger charge is 2.31. The van der Waals surface area contributed by atoms with E-state index in [9.17, 15) is 9.59 Å². The molecule has 0 saturated heterocycles. The van der Waals surface area contributed by atoms with E-state index in [1.54, 1.807) is 36.1 Å². The number of anilines is 2. The Kier molecular flexibility index (Phi) is 5.08. The molecule has 3 rings (SSSR count). The number of hydrogen-bond donors (Lipinski definition) is 1. The van der Waals surface area contributed by atoms with E-state index in [0.717, 1.165) is 16.6 Å². The van der Waals surface area contributed by atoms with Gasteiger partial charge in [0.2, 0.25) is 0 Å². The van der Waals surface area contributed by atoms with Crippen molar-refractivity contribution < 1.29 is 14.3 Å². The number of carbonyl (C=O) groups is 2. The predicted octanol–water partition coefficient (Wildman–Crippen LogP) is 4.23. The quantitative estimate of drug-likeness (QED) is 0.832. The van der Waals surface area contributed by atoms with Crippen LogP contribution in [0.25, 0.3) is 0 Å². The van der Waals surface area contributed by atoms with Crippen molar-refractivity contribution in [3.63, 3.8) is 0 Å². The maximum atomic E-state index is 12.4. The molecule has 1 unspecified atom stereocenters. The lowest BCUT2D eigenvalue weighted by atomic mass is 10.1. The molecule has 5 nitrogen and oxygen atoms in total. The minimum atomic E-state index is -0.532. The topological polar surface area (TPSA) is 58.6 Å². The molecule has 1 heterocycles. The molecule has 0 saturated carbocycles. The molecule has 6 heteroatoms. The van der Waals surface area contributed by atoms with Crippen molar-refractivity contribution in [2.45, 2.75) is 26.4 Å². The minimum Gasteiger partial charge on any atom is -0.479 e. The Morgan fingerprint density at radius 1 is 1.28 bits per heavy atom. The van der Waals surface area contributed by atoms with E-state index < -0.39 is 6.10 Å². The molecule has 2 aromatic carbocycles. The Morgan fingerprint density at radius 3 is 2.80 bits per heavy atom. The summed E-state index contributed by atoms with van der Waals surface area (Å²) in [4.78, 5) is 26.4. The van der Waals surface area contributed by atoms with Crippen LogP contribution in [0.4, 0.5) is 11.4 Å². The lowest BCUT2D eigenvalue weighted by Crippen LogP contribution is -2.44. The molecule has 0 bridgehead atoms. The van der Waals surface area contributed by atoms with Gasteiger partial charge in [-0.05, 0) is 43.7 Å². The molecule has 0 aliphatic carbocycles. The Balaban J connectivity index is 1.85. The fourth-order valence-corrected chi connectivity index (χ4v) is 3.17. The summed E-state index contributed by atoms with van der Waals surface area (Å²) >= 11 is 3.36. The zero-order valence-electron chi connectivity index (χ0n) is 14.1. The van der Waals surface area contributed by atoms with E-state index in [2.05, 4.69) is 21.2 Å². The van der Waals surface area contributed by atoms with Crippen molar-refractivity contribution in [1.29, 1.82) is 0 Å². The van der Waals surface area contributed by atoms with Gasteiger partial charge in [-0.1, -0.05) is 28.9 Å². The molecular formula is C19H19BrN2O3. The number of nitrogens with zero attached hydrogens (tertiary/aromatic N) is 1. The smallest absolute Gasteiger partial charge is 0.267 e. The Bertz CT molecular complexity index is 822. The molecule has 2 aromatic rings. The molecular weight excluding hydrogens is 384 g/mol. The highest BCUT2D eigenvalue weighted by atomic mass is 79.9. The second-order valence-corrected chi connectivity index (χ2v) is 6.81. The third-order valence-corrected chi connectivity index (χ3v) is 4.45. The summed E-state index contributed by atoms with van der Waals surface area (Å²) in [6.45, 7) is 4.41. The summed E-state index contributed by atoms with van der Waals surface area (Å²) in [5, 5.41) is 2.87. The average molecular weight is 403 g/mol. The van der Waals surface area contributed by atoms with Gasteiger partial charge in [-0.25, -0.2) is 0 Å². The highest BCUT2D eigenvalue weighted by Crippen LogP contribution is 2.36. The summed E-state index contributed by atoms with van der Waals surface area (Å²) in [6, 6.07) is 12.5. The Labute approximate surface area is 155 Å². The van der Waals surface area contributed by atoms with Crippen LogP contribution in [-0.4, -0.2) is 24.5 Å². The van der Waals surface area contributed by atoms with Crippen LogP contribution in [-0.2, 0) is 4.79 Å². The monoisotopic (exact) mass is 402 g/mol. The molecule has 1 aliphatic heterocycles. The maximum Gasteiger partial charge on any atom is 0.267 e. The van der Waals surface area contributed by atoms with Crippen LogP contribution in [0.5, 0.6) is 5.75 Å².